The van der Waals surface area contributed by atoms with E-state index < -0.39 is 0 Å². The molecule has 0 aromatic rings. The van der Waals surface area contributed by atoms with Gasteiger partial charge in [-0.05, 0) is 26.2 Å². The van der Waals surface area contributed by atoms with Gasteiger partial charge in [-0.2, -0.15) is 0 Å². The molecular weight excluding hydrogens is 174 g/mol. The van der Waals surface area contributed by atoms with Crippen LogP contribution in [-0.4, -0.2) is 25.3 Å². The largest absolute Gasteiger partial charge is 0.380 e. The van der Waals surface area contributed by atoms with E-state index in [0.29, 0.717) is 18.2 Å². The molecule has 0 aliphatic heterocycles. The first kappa shape index (κ1) is 12.0. The highest BCUT2D eigenvalue weighted by atomic mass is 16.5. The molecule has 2 heteroatoms. The molecule has 84 valence electrons. The summed E-state index contributed by atoms with van der Waals surface area (Å²) in [5.74, 6) is 0. The monoisotopic (exact) mass is 199 g/mol. The fourth-order valence-corrected chi connectivity index (χ4v) is 2.45. The van der Waals surface area contributed by atoms with Crippen LogP contribution in [0.3, 0.4) is 0 Å². The lowest BCUT2D eigenvalue weighted by molar-refractivity contribution is 0.0380. The van der Waals surface area contributed by atoms with Crippen molar-refractivity contribution in [3.8, 4) is 0 Å². The lowest BCUT2D eigenvalue weighted by Gasteiger charge is -2.33. The number of methoxy groups -OCH3 is 1. The van der Waals surface area contributed by atoms with E-state index in [1.807, 2.05) is 7.11 Å². The van der Waals surface area contributed by atoms with E-state index in [-0.39, 0.29) is 0 Å². The molecule has 14 heavy (non-hydrogen) atoms. The number of ether oxygens (including phenoxy) is 1. The van der Waals surface area contributed by atoms with E-state index in [1.165, 1.54) is 38.5 Å². The Morgan fingerprint density at radius 3 is 2.71 bits per heavy atom. The first-order valence-electron chi connectivity index (χ1n) is 6.06. The Morgan fingerprint density at radius 2 is 2.07 bits per heavy atom. The fraction of sp³-hybridized carbons (Fsp3) is 1.00. The van der Waals surface area contributed by atoms with Crippen LogP contribution in [0, 0.1) is 0 Å². The van der Waals surface area contributed by atoms with Gasteiger partial charge in [-0.3, -0.25) is 0 Å². The van der Waals surface area contributed by atoms with Crippen molar-refractivity contribution in [1.29, 1.82) is 0 Å². The summed E-state index contributed by atoms with van der Waals surface area (Å²) in [5.41, 5.74) is 0. The minimum absolute atomic E-state index is 0.447. The molecule has 1 rings (SSSR count). The van der Waals surface area contributed by atoms with Crippen molar-refractivity contribution in [2.24, 2.45) is 0 Å². The van der Waals surface area contributed by atoms with E-state index in [1.54, 1.807) is 0 Å². The quantitative estimate of drug-likeness (QED) is 0.735. The fourth-order valence-electron chi connectivity index (χ4n) is 2.45. The van der Waals surface area contributed by atoms with Crippen LogP contribution in [0.4, 0.5) is 0 Å². The minimum Gasteiger partial charge on any atom is -0.380 e. The maximum Gasteiger partial charge on any atom is 0.0724 e. The van der Waals surface area contributed by atoms with Gasteiger partial charge in [0.25, 0.3) is 0 Å². The number of hydrogen-bond acceptors (Lipinski definition) is 2. The molecule has 1 aliphatic rings. The normalized spacial score (nSPS) is 30.2. The number of rotatable bonds is 5. The SMILES string of the molecule is CCCC(C)NC1CCCCC1OC. The Labute approximate surface area is 88.4 Å². The summed E-state index contributed by atoms with van der Waals surface area (Å²) in [6.45, 7) is 4.53. The van der Waals surface area contributed by atoms with Crippen LogP contribution in [0.25, 0.3) is 0 Å². The molecule has 1 fully saturated rings. The summed E-state index contributed by atoms with van der Waals surface area (Å²) in [7, 11) is 1.84. The minimum atomic E-state index is 0.447. The third-order valence-corrected chi connectivity index (χ3v) is 3.23. The van der Waals surface area contributed by atoms with Gasteiger partial charge < -0.3 is 10.1 Å². The third kappa shape index (κ3) is 3.58. The van der Waals surface area contributed by atoms with Crippen molar-refractivity contribution in [2.75, 3.05) is 7.11 Å². The van der Waals surface area contributed by atoms with Crippen LogP contribution < -0.4 is 5.32 Å². The molecule has 1 N–H and O–H groups in total. The molecule has 0 radical (unpaired) electrons. The molecule has 0 aromatic carbocycles. The highest BCUT2D eigenvalue weighted by molar-refractivity contribution is 4.83. The predicted octanol–water partition coefficient (Wildman–Crippen LogP) is 2.72. The van der Waals surface area contributed by atoms with Gasteiger partial charge in [0, 0.05) is 19.2 Å². The molecule has 1 aliphatic carbocycles. The van der Waals surface area contributed by atoms with Gasteiger partial charge in [0.15, 0.2) is 0 Å². The zero-order chi connectivity index (χ0) is 10.4. The lowest BCUT2D eigenvalue weighted by atomic mass is 9.91. The summed E-state index contributed by atoms with van der Waals surface area (Å²) in [5, 5.41) is 3.70. The third-order valence-electron chi connectivity index (χ3n) is 3.23. The van der Waals surface area contributed by atoms with Gasteiger partial charge in [0.05, 0.1) is 6.10 Å². The highest BCUT2D eigenvalue weighted by Crippen LogP contribution is 2.21. The first-order chi connectivity index (χ1) is 6.77. The van der Waals surface area contributed by atoms with Crippen LogP contribution >= 0.6 is 0 Å². The molecule has 2 nitrogen and oxygen atoms in total. The van der Waals surface area contributed by atoms with Crippen molar-refractivity contribution >= 4 is 0 Å². The van der Waals surface area contributed by atoms with E-state index >= 15 is 0 Å². The highest BCUT2D eigenvalue weighted by Gasteiger charge is 2.25. The van der Waals surface area contributed by atoms with E-state index in [2.05, 4.69) is 19.2 Å². The molecule has 3 unspecified atom stereocenters. The van der Waals surface area contributed by atoms with Crippen molar-refractivity contribution in [1.82, 2.24) is 5.32 Å². The maximum atomic E-state index is 5.52. The summed E-state index contributed by atoms with van der Waals surface area (Å²) >= 11 is 0. The zero-order valence-corrected chi connectivity index (χ0v) is 9.88. The van der Waals surface area contributed by atoms with Crippen molar-refractivity contribution < 1.29 is 4.74 Å². The van der Waals surface area contributed by atoms with E-state index in [0.717, 1.165) is 0 Å². The average molecular weight is 199 g/mol. The van der Waals surface area contributed by atoms with Crippen LogP contribution in [-0.2, 0) is 4.74 Å². The average Bonchev–Trinajstić information content (AvgIpc) is 2.19. The molecular formula is C12H25NO. The Kier molecular flexibility index (Phi) is 5.49. The van der Waals surface area contributed by atoms with Crippen molar-refractivity contribution in [3.63, 3.8) is 0 Å². The molecule has 1 saturated carbocycles. The first-order valence-corrected chi connectivity index (χ1v) is 6.06. The van der Waals surface area contributed by atoms with Gasteiger partial charge in [-0.15, -0.1) is 0 Å². The molecule has 3 atom stereocenters. The second-order valence-corrected chi connectivity index (χ2v) is 4.52. The Morgan fingerprint density at radius 1 is 1.36 bits per heavy atom. The van der Waals surface area contributed by atoms with Crippen LogP contribution in [0.1, 0.15) is 52.4 Å². The van der Waals surface area contributed by atoms with Gasteiger partial charge in [0.2, 0.25) is 0 Å². The Balaban J connectivity index is 2.32. The summed E-state index contributed by atoms with van der Waals surface area (Å²) in [6.07, 6.45) is 8.18. The second kappa shape index (κ2) is 6.41. The predicted molar refractivity (Wildman–Crippen MR) is 60.6 cm³/mol. The van der Waals surface area contributed by atoms with E-state index in [9.17, 15) is 0 Å². The standard InChI is InChI=1S/C12H25NO/c1-4-7-10(2)13-11-8-5-6-9-12(11)14-3/h10-13H,4-9H2,1-3H3. The molecule has 0 saturated heterocycles. The van der Waals surface area contributed by atoms with Crippen LogP contribution in [0.15, 0.2) is 0 Å². The number of nitrogens with one attached hydrogen (secondary N) is 1. The van der Waals surface area contributed by atoms with Crippen molar-refractivity contribution in [2.45, 2.75) is 70.6 Å². The van der Waals surface area contributed by atoms with E-state index in [4.69, 9.17) is 4.74 Å². The summed E-state index contributed by atoms with van der Waals surface area (Å²) < 4.78 is 5.52. The maximum absolute atomic E-state index is 5.52. The van der Waals surface area contributed by atoms with Gasteiger partial charge in [-0.25, -0.2) is 0 Å². The molecule has 0 heterocycles. The summed E-state index contributed by atoms with van der Waals surface area (Å²) in [6, 6.07) is 1.23. The van der Waals surface area contributed by atoms with Crippen molar-refractivity contribution in [3.05, 3.63) is 0 Å². The Bertz CT molecular complexity index is 149. The van der Waals surface area contributed by atoms with Crippen LogP contribution in [0.2, 0.25) is 0 Å². The van der Waals surface area contributed by atoms with Gasteiger partial charge in [-0.1, -0.05) is 26.2 Å². The van der Waals surface area contributed by atoms with Gasteiger partial charge in [0.1, 0.15) is 0 Å². The molecule has 0 bridgehead atoms. The summed E-state index contributed by atoms with van der Waals surface area (Å²) in [4.78, 5) is 0. The topological polar surface area (TPSA) is 21.3 Å². The Hall–Kier alpha value is -0.0800. The molecule has 0 amide bonds. The second-order valence-electron chi connectivity index (χ2n) is 4.52. The number of hydrogen-bond donors (Lipinski definition) is 1. The molecule has 0 aromatic heterocycles. The lowest BCUT2D eigenvalue weighted by Crippen LogP contribution is -2.46. The van der Waals surface area contributed by atoms with Crippen LogP contribution in [0.5, 0.6) is 0 Å². The van der Waals surface area contributed by atoms with Gasteiger partial charge >= 0.3 is 0 Å². The smallest absolute Gasteiger partial charge is 0.0724 e. The molecule has 0 spiro atoms. The zero-order valence-electron chi connectivity index (χ0n) is 9.88.